The highest BCUT2D eigenvalue weighted by Gasteiger charge is 2.31. The maximum Gasteiger partial charge on any atom is 0.286 e. The zero-order valence-corrected chi connectivity index (χ0v) is 19.1. The molecule has 0 radical (unpaired) electrons. The molecule has 2 amide bonds. The smallest absolute Gasteiger partial charge is 0.286 e. The fourth-order valence-electron chi connectivity index (χ4n) is 3.67. The number of aliphatic hydroxyl groups excluding tert-OH is 1. The van der Waals surface area contributed by atoms with Gasteiger partial charge < -0.3 is 14.6 Å². The molecule has 1 heterocycles. The predicted octanol–water partition coefficient (Wildman–Crippen LogP) is 4.51. The third-order valence-corrected chi connectivity index (χ3v) is 6.29. The van der Waals surface area contributed by atoms with Crippen molar-refractivity contribution >= 4 is 22.9 Å². The first-order chi connectivity index (χ1) is 16.0. The summed E-state index contributed by atoms with van der Waals surface area (Å²) < 4.78 is 11.4. The lowest BCUT2D eigenvalue weighted by Gasteiger charge is -2.12. The van der Waals surface area contributed by atoms with Crippen LogP contribution in [0.4, 0.5) is 4.79 Å². The number of benzene rings is 3. The van der Waals surface area contributed by atoms with Crippen molar-refractivity contribution in [2.24, 2.45) is 0 Å². The summed E-state index contributed by atoms with van der Waals surface area (Å²) in [6.45, 7) is 2.74. The molecule has 1 atom stereocenters. The van der Waals surface area contributed by atoms with Gasteiger partial charge in [-0.3, -0.25) is 14.9 Å². The minimum atomic E-state index is -0.370. The lowest BCUT2D eigenvalue weighted by Crippen LogP contribution is -2.25. The summed E-state index contributed by atoms with van der Waals surface area (Å²) in [6.07, 6.45) is 0.508. The van der Waals surface area contributed by atoms with Gasteiger partial charge >= 0.3 is 0 Å². The number of amides is 2. The lowest BCUT2D eigenvalue weighted by molar-refractivity contribution is -0.118. The van der Waals surface area contributed by atoms with Crippen LogP contribution in [0.1, 0.15) is 16.7 Å². The van der Waals surface area contributed by atoms with Gasteiger partial charge in [0, 0.05) is 0 Å². The van der Waals surface area contributed by atoms with E-state index in [0.29, 0.717) is 13.0 Å². The molecule has 0 saturated carbocycles. The van der Waals surface area contributed by atoms with Crippen LogP contribution >= 0.6 is 11.8 Å². The van der Waals surface area contributed by atoms with E-state index in [1.807, 2.05) is 61.5 Å². The molecule has 7 heteroatoms. The normalized spacial score (nSPS) is 15.4. The molecule has 170 valence electrons. The molecule has 0 aliphatic carbocycles. The zero-order valence-electron chi connectivity index (χ0n) is 18.2. The quantitative estimate of drug-likeness (QED) is 0.486. The summed E-state index contributed by atoms with van der Waals surface area (Å²) in [5.41, 5.74) is 5.34. The molecule has 0 spiro atoms. The standard InChI is InChI=1S/C26H25NO5S/c1-17-13-22(31-12-11-28)9-10-23(17)20-4-2-3-19(14-20)16-32-21-7-5-18(6-8-21)15-24-25(29)27-26(30)33-24/h2-10,13-14,24,28H,11-12,15-16H2,1H3,(H,27,29,30). The molecule has 1 unspecified atom stereocenters. The molecule has 3 aromatic carbocycles. The topological polar surface area (TPSA) is 84.9 Å². The van der Waals surface area contributed by atoms with Crippen molar-refractivity contribution in [3.05, 3.63) is 83.4 Å². The van der Waals surface area contributed by atoms with E-state index in [0.717, 1.165) is 51.1 Å². The number of thioether (sulfide) groups is 1. The third-order valence-electron chi connectivity index (χ3n) is 5.31. The number of aliphatic hydroxyl groups is 1. The number of carbonyl (C=O) groups is 2. The Morgan fingerprint density at radius 1 is 0.939 bits per heavy atom. The molecule has 1 fully saturated rings. The number of rotatable bonds is 9. The molecule has 2 N–H and O–H groups in total. The molecule has 33 heavy (non-hydrogen) atoms. The van der Waals surface area contributed by atoms with Gasteiger partial charge in [0.25, 0.3) is 5.24 Å². The fourth-order valence-corrected chi connectivity index (χ4v) is 4.53. The predicted molar refractivity (Wildman–Crippen MR) is 129 cm³/mol. The van der Waals surface area contributed by atoms with Crippen molar-refractivity contribution in [3.63, 3.8) is 0 Å². The van der Waals surface area contributed by atoms with Crippen LogP contribution in [-0.4, -0.2) is 34.7 Å². The largest absolute Gasteiger partial charge is 0.491 e. The van der Waals surface area contributed by atoms with Crippen molar-refractivity contribution in [1.29, 1.82) is 0 Å². The highest BCUT2D eigenvalue weighted by atomic mass is 32.2. The summed E-state index contributed by atoms with van der Waals surface area (Å²) in [6, 6.07) is 21.7. The second-order valence-electron chi connectivity index (χ2n) is 7.77. The van der Waals surface area contributed by atoms with E-state index in [2.05, 4.69) is 17.4 Å². The van der Waals surface area contributed by atoms with Gasteiger partial charge in [-0.25, -0.2) is 0 Å². The van der Waals surface area contributed by atoms with Crippen LogP contribution < -0.4 is 14.8 Å². The number of aryl methyl sites for hydroxylation is 1. The third kappa shape index (κ3) is 5.94. The molecule has 6 nitrogen and oxygen atoms in total. The second-order valence-corrected chi connectivity index (χ2v) is 8.94. The van der Waals surface area contributed by atoms with Gasteiger partial charge in [0.1, 0.15) is 24.7 Å². The summed E-state index contributed by atoms with van der Waals surface area (Å²) in [5, 5.41) is 10.6. The van der Waals surface area contributed by atoms with Crippen molar-refractivity contribution in [1.82, 2.24) is 5.32 Å². The Balaban J connectivity index is 1.37. The minimum Gasteiger partial charge on any atom is -0.491 e. The molecule has 0 bridgehead atoms. The van der Waals surface area contributed by atoms with Crippen molar-refractivity contribution in [2.45, 2.75) is 25.2 Å². The van der Waals surface area contributed by atoms with Gasteiger partial charge in [-0.1, -0.05) is 48.2 Å². The van der Waals surface area contributed by atoms with E-state index in [1.54, 1.807) is 0 Å². The van der Waals surface area contributed by atoms with E-state index in [9.17, 15) is 9.59 Å². The number of nitrogens with one attached hydrogen (secondary N) is 1. The van der Waals surface area contributed by atoms with Gasteiger partial charge in [-0.2, -0.15) is 0 Å². The SMILES string of the molecule is Cc1cc(OCCO)ccc1-c1cccc(COc2ccc(CC3SC(=O)NC3=O)cc2)c1. The number of hydrogen-bond donors (Lipinski definition) is 2. The van der Waals surface area contributed by atoms with Crippen molar-refractivity contribution in [2.75, 3.05) is 13.2 Å². The highest BCUT2D eigenvalue weighted by molar-refractivity contribution is 8.15. The van der Waals surface area contributed by atoms with Crippen LogP contribution in [0, 0.1) is 6.92 Å². The first-order valence-corrected chi connectivity index (χ1v) is 11.6. The maximum atomic E-state index is 11.7. The maximum absolute atomic E-state index is 11.7. The number of hydrogen-bond acceptors (Lipinski definition) is 6. The molecular weight excluding hydrogens is 438 g/mol. The summed E-state index contributed by atoms with van der Waals surface area (Å²) in [4.78, 5) is 23.0. The molecule has 1 aliphatic heterocycles. The van der Waals surface area contributed by atoms with Crippen LogP contribution in [0.5, 0.6) is 11.5 Å². The van der Waals surface area contributed by atoms with Gasteiger partial charge in [-0.05, 0) is 71.5 Å². The molecule has 4 rings (SSSR count). The molecule has 1 saturated heterocycles. The minimum absolute atomic E-state index is 0.0106. The van der Waals surface area contributed by atoms with Crippen molar-refractivity contribution in [3.8, 4) is 22.6 Å². The Kier molecular flexibility index (Phi) is 7.32. The van der Waals surface area contributed by atoms with E-state index in [-0.39, 0.29) is 29.6 Å². The first kappa shape index (κ1) is 22.9. The van der Waals surface area contributed by atoms with Gasteiger partial charge in [0.2, 0.25) is 5.91 Å². The Hall–Kier alpha value is -3.29. The van der Waals surface area contributed by atoms with Crippen LogP contribution in [-0.2, 0) is 17.8 Å². The molecule has 0 aromatic heterocycles. The zero-order chi connectivity index (χ0) is 23.2. The first-order valence-electron chi connectivity index (χ1n) is 10.7. The summed E-state index contributed by atoms with van der Waals surface area (Å²) in [5.74, 6) is 1.25. The van der Waals surface area contributed by atoms with Crippen LogP contribution in [0.2, 0.25) is 0 Å². The van der Waals surface area contributed by atoms with Gasteiger partial charge in [0.05, 0.1) is 11.9 Å². The van der Waals surface area contributed by atoms with E-state index in [4.69, 9.17) is 14.6 Å². The monoisotopic (exact) mass is 463 g/mol. The van der Waals surface area contributed by atoms with Crippen LogP contribution in [0.15, 0.2) is 66.7 Å². The molecule has 3 aromatic rings. The van der Waals surface area contributed by atoms with E-state index in [1.165, 1.54) is 0 Å². The van der Waals surface area contributed by atoms with Gasteiger partial charge in [0.15, 0.2) is 0 Å². The average molecular weight is 464 g/mol. The molecule has 1 aliphatic rings. The van der Waals surface area contributed by atoms with Gasteiger partial charge in [-0.15, -0.1) is 0 Å². The summed E-state index contributed by atoms with van der Waals surface area (Å²) in [7, 11) is 0. The number of carbonyl (C=O) groups excluding carboxylic acids is 2. The lowest BCUT2D eigenvalue weighted by atomic mass is 9.99. The second kappa shape index (κ2) is 10.6. The highest BCUT2D eigenvalue weighted by Crippen LogP contribution is 2.28. The Morgan fingerprint density at radius 2 is 1.73 bits per heavy atom. The van der Waals surface area contributed by atoms with E-state index >= 15 is 0 Å². The summed E-state index contributed by atoms with van der Waals surface area (Å²) >= 11 is 1.04. The van der Waals surface area contributed by atoms with E-state index < -0.39 is 0 Å². The molecular formula is C26H25NO5S. The average Bonchev–Trinajstić information content (AvgIpc) is 3.13. The fraction of sp³-hybridized carbons (Fsp3) is 0.231. The van der Waals surface area contributed by atoms with Crippen LogP contribution in [0.3, 0.4) is 0 Å². The van der Waals surface area contributed by atoms with Crippen LogP contribution in [0.25, 0.3) is 11.1 Å². The Morgan fingerprint density at radius 3 is 2.42 bits per heavy atom. The number of ether oxygens (including phenoxy) is 2. The van der Waals surface area contributed by atoms with Crippen molar-refractivity contribution < 1.29 is 24.2 Å². The Bertz CT molecular complexity index is 1150. The Labute approximate surface area is 196 Å². The number of imide groups is 1.